The molecule has 3 aromatic heterocycles. The molecule has 4 heteroatoms. The van der Waals surface area contributed by atoms with Crippen molar-refractivity contribution in [1.82, 2.24) is 14.5 Å². The maximum atomic E-state index is 6.52. The van der Waals surface area contributed by atoms with Crippen LogP contribution >= 0.6 is 0 Å². The summed E-state index contributed by atoms with van der Waals surface area (Å²) in [7, 11) is 0. The van der Waals surface area contributed by atoms with Crippen molar-refractivity contribution in [3.05, 3.63) is 152 Å². The van der Waals surface area contributed by atoms with Crippen molar-refractivity contribution in [3.8, 4) is 39.5 Å². The van der Waals surface area contributed by atoms with Gasteiger partial charge in [-0.2, -0.15) is 0 Å². The largest absolute Gasteiger partial charge is 0.452 e. The highest BCUT2D eigenvalue weighted by atomic mass is 16.3. The van der Waals surface area contributed by atoms with Gasteiger partial charge in [-0.1, -0.05) is 121 Å². The van der Waals surface area contributed by atoms with Gasteiger partial charge in [-0.15, -0.1) is 0 Å². The molecular weight excluding hydrogens is 538 g/mol. The summed E-state index contributed by atoms with van der Waals surface area (Å²) in [4.78, 5) is 10.1. The zero-order valence-electron chi connectivity index (χ0n) is 23.7. The summed E-state index contributed by atoms with van der Waals surface area (Å²) in [6.45, 7) is 0. The Labute approximate surface area is 253 Å². The summed E-state index contributed by atoms with van der Waals surface area (Å²) < 4.78 is 8.87. The summed E-state index contributed by atoms with van der Waals surface area (Å²) in [6.07, 6.45) is 0. The van der Waals surface area contributed by atoms with Gasteiger partial charge < -0.3 is 8.98 Å². The SMILES string of the molecule is c1ccc(-c2ccc3c4ccccc4n(-c4ccc5oc6c(-c7ccccc7)nc(-c7ccccc7)nc6c5c4)c3c2)cc1. The van der Waals surface area contributed by atoms with Crippen LogP contribution in [0.3, 0.4) is 0 Å². The van der Waals surface area contributed by atoms with E-state index in [0.717, 1.165) is 50.0 Å². The van der Waals surface area contributed by atoms with E-state index < -0.39 is 0 Å². The number of rotatable bonds is 4. The van der Waals surface area contributed by atoms with E-state index in [1.807, 2.05) is 48.5 Å². The molecule has 0 radical (unpaired) electrons. The highest BCUT2D eigenvalue weighted by Gasteiger charge is 2.20. The van der Waals surface area contributed by atoms with Crippen LogP contribution in [0, 0.1) is 0 Å². The Bertz CT molecular complexity index is 2480. The number of fused-ring (bicyclic) bond motifs is 6. The number of furan rings is 1. The molecule has 0 spiro atoms. The average Bonchev–Trinajstić information content (AvgIpc) is 3.64. The topological polar surface area (TPSA) is 43.9 Å². The van der Waals surface area contributed by atoms with E-state index in [-0.39, 0.29) is 0 Å². The second kappa shape index (κ2) is 9.79. The molecule has 44 heavy (non-hydrogen) atoms. The third-order valence-electron chi connectivity index (χ3n) is 8.41. The summed E-state index contributed by atoms with van der Waals surface area (Å²) in [5.74, 6) is 0.675. The van der Waals surface area contributed by atoms with Crippen molar-refractivity contribution in [2.45, 2.75) is 0 Å². The van der Waals surface area contributed by atoms with Crippen LogP contribution in [0.5, 0.6) is 0 Å². The Balaban J connectivity index is 1.33. The van der Waals surface area contributed by atoms with Crippen LogP contribution in [0.15, 0.2) is 156 Å². The lowest BCUT2D eigenvalue weighted by molar-refractivity contribution is 0.667. The minimum Gasteiger partial charge on any atom is -0.452 e. The van der Waals surface area contributed by atoms with Gasteiger partial charge in [0.25, 0.3) is 0 Å². The second-order valence-corrected chi connectivity index (χ2v) is 11.0. The Morgan fingerprint density at radius 3 is 1.89 bits per heavy atom. The van der Waals surface area contributed by atoms with Gasteiger partial charge in [0.1, 0.15) is 16.8 Å². The smallest absolute Gasteiger partial charge is 0.180 e. The van der Waals surface area contributed by atoms with Crippen LogP contribution in [0.25, 0.3) is 83.3 Å². The van der Waals surface area contributed by atoms with Gasteiger partial charge in [-0.25, -0.2) is 9.97 Å². The van der Waals surface area contributed by atoms with Gasteiger partial charge >= 0.3 is 0 Å². The summed E-state index contributed by atoms with van der Waals surface area (Å²) in [6, 6.07) is 52.7. The average molecular weight is 564 g/mol. The first kappa shape index (κ1) is 24.6. The molecule has 9 aromatic rings. The fourth-order valence-corrected chi connectivity index (χ4v) is 6.34. The Morgan fingerprint density at radius 2 is 1.11 bits per heavy atom. The van der Waals surface area contributed by atoms with Crippen molar-refractivity contribution in [2.24, 2.45) is 0 Å². The summed E-state index contributed by atoms with van der Waals surface area (Å²) >= 11 is 0. The molecule has 6 aromatic carbocycles. The Morgan fingerprint density at radius 1 is 0.455 bits per heavy atom. The molecule has 0 bridgehead atoms. The molecule has 0 unspecified atom stereocenters. The first-order valence-electron chi connectivity index (χ1n) is 14.8. The maximum absolute atomic E-state index is 6.52. The van der Waals surface area contributed by atoms with Crippen LogP contribution in [0.1, 0.15) is 0 Å². The lowest BCUT2D eigenvalue weighted by Crippen LogP contribution is -1.95. The molecular formula is C40H25N3O. The van der Waals surface area contributed by atoms with Crippen molar-refractivity contribution >= 4 is 43.9 Å². The predicted molar refractivity (Wildman–Crippen MR) is 180 cm³/mol. The number of para-hydroxylation sites is 1. The van der Waals surface area contributed by atoms with Crippen LogP contribution in [0.4, 0.5) is 0 Å². The monoisotopic (exact) mass is 563 g/mol. The van der Waals surface area contributed by atoms with E-state index in [4.69, 9.17) is 14.4 Å². The lowest BCUT2D eigenvalue weighted by Gasteiger charge is -2.09. The van der Waals surface area contributed by atoms with Gasteiger partial charge in [0.15, 0.2) is 11.4 Å². The van der Waals surface area contributed by atoms with Gasteiger partial charge in [-0.05, 0) is 41.5 Å². The van der Waals surface area contributed by atoms with Crippen molar-refractivity contribution in [3.63, 3.8) is 0 Å². The number of nitrogens with zero attached hydrogens (tertiary/aromatic N) is 3. The third-order valence-corrected chi connectivity index (χ3v) is 8.41. The highest BCUT2D eigenvalue weighted by Crippen LogP contribution is 2.39. The first-order valence-corrected chi connectivity index (χ1v) is 14.8. The fourth-order valence-electron chi connectivity index (χ4n) is 6.34. The van der Waals surface area contributed by atoms with E-state index in [1.54, 1.807) is 0 Å². The molecule has 206 valence electrons. The predicted octanol–water partition coefficient (Wildman–Crippen LogP) is 10.5. The molecule has 4 nitrogen and oxygen atoms in total. The fraction of sp³-hybridized carbons (Fsp3) is 0. The Hall–Kier alpha value is -6.00. The quantitative estimate of drug-likeness (QED) is 0.214. The molecule has 9 rings (SSSR count). The van der Waals surface area contributed by atoms with Crippen LogP contribution < -0.4 is 0 Å². The molecule has 0 atom stereocenters. The van der Waals surface area contributed by atoms with Crippen molar-refractivity contribution < 1.29 is 4.42 Å². The molecule has 0 aliphatic rings. The van der Waals surface area contributed by atoms with Gasteiger partial charge in [0.05, 0.1) is 11.0 Å². The molecule has 0 amide bonds. The van der Waals surface area contributed by atoms with Gasteiger partial charge in [0.2, 0.25) is 0 Å². The molecule has 0 N–H and O–H groups in total. The van der Waals surface area contributed by atoms with Gasteiger partial charge in [-0.3, -0.25) is 0 Å². The minimum absolute atomic E-state index is 0.675. The zero-order chi connectivity index (χ0) is 29.0. The van der Waals surface area contributed by atoms with Crippen LogP contribution in [-0.4, -0.2) is 14.5 Å². The maximum Gasteiger partial charge on any atom is 0.180 e. The minimum atomic E-state index is 0.675. The summed E-state index contributed by atoms with van der Waals surface area (Å²) in [5, 5.41) is 3.40. The first-order chi connectivity index (χ1) is 21.8. The van der Waals surface area contributed by atoms with E-state index in [9.17, 15) is 0 Å². The second-order valence-electron chi connectivity index (χ2n) is 11.0. The normalized spacial score (nSPS) is 11.6. The third kappa shape index (κ3) is 3.85. The standard InChI is InChI=1S/C40H25N3O/c1-4-12-26(13-5-1)29-20-22-32-31-18-10-11-19-34(31)43(35(32)24-29)30-21-23-36-33(25-30)38-39(44-36)37(27-14-6-2-7-15-27)41-40(42-38)28-16-8-3-9-17-28/h1-25H. The van der Waals surface area contributed by atoms with Crippen LogP contribution in [-0.2, 0) is 0 Å². The van der Waals surface area contributed by atoms with Crippen molar-refractivity contribution in [2.75, 3.05) is 0 Å². The number of aromatic nitrogens is 3. The molecule has 0 fully saturated rings. The van der Waals surface area contributed by atoms with Crippen molar-refractivity contribution in [1.29, 1.82) is 0 Å². The molecule has 3 heterocycles. The van der Waals surface area contributed by atoms with Crippen LogP contribution in [0.2, 0.25) is 0 Å². The highest BCUT2D eigenvalue weighted by molar-refractivity contribution is 6.11. The number of benzene rings is 6. The number of hydrogen-bond donors (Lipinski definition) is 0. The van der Waals surface area contributed by atoms with E-state index in [2.05, 4.69) is 108 Å². The van der Waals surface area contributed by atoms with Gasteiger partial charge in [0, 0.05) is 33.0 Å². The van der Waals surface area contributed by atoms with E-state index in [1.165, 1.54) is 21.9 Å². The molecule has 0 saturated heterocycles. The molecule has 0 saturated carbocycles. The van der Waals surface area contributed by atoms with E-state index >= 15 is 0 Å². The molecule has 0 aliphatic carbocycles. The number of hydrogen-bond acceptors (Lipinski definition) is 3. The Kier molecular flexibility index (Phi) is 5.47. The van der Waals surface area contributed by atoms with E-state index in [0.29, 0.717) is 11.4 Å². The molecule has 0 aliphatic heterocycles. The zero-order valence-corrected chi connectivity index (χ0v) is 23.7. The lowest BCUT2D eigenvalue weighted by atomic mass is 10.0. The summed E-state index contributed by atoms with van der Waals surface area (Å²) in [5.41, 5.74) is 10.8.